The summed E-state index contributed by atoms with van der Waals surface area (Å²) >= 11 is 0. The molecule has 4 amide bonds. The molecule has 0 atom stereocenters. The number of hydrogen-bond donors (Lipinski definition) is 1. The third kappa shape index (κ3) is 3.49. The zero-order chi connectivity index (χ0) is 21.3. The van der Waals surface area contributed by atoms with Crippen molar-refractivity contribution in [2.75, 3.05) is 4.90 Å². The number of amides is 4. The fraction of sp³-hybridized carbons (Fsp3) is 0.333. The highest BCUT2D eigenvalue weighted by Gasteiger charge is 2.35. The van der Waals surface area contributed by atoms with Gasteiger partial charge in [0.25, 0.3) is 5.91 Å². The summed E-state index contributed by atoms with van der Waals surface area (Å²) in [7, 11) is 2.72. The second-order valence-electron chi connectivity index (χ2n) is 5.81. The molecule has 0 bridgehead atoms. The van der Waals surface area contributed by atoms with Gasteiger partial charge in [-0.1, -0.05) is 0 Å². The van der Waals surface area contributed by atoms with Gasteiger partial charge >= 0.3 is 5.82 Å². The number of nitrogens with zero attached hydrogens (tertiary/aromatic N) is 6. The Bertz CT molecular complexity index is 1000. The van der Waals surface area contributed by atoms with Crippen LogP contribution >= 0.6 is 0 Å². The summed E-state index contributed by atoms with van der Waals surface area (Å²) in [6.45, 7) is 3.34. The Morgan fingerprint density at radius 2 is 1.71 bits per heavy atom. The van der Waals surface area contributed by atoms with Gasteiger partial charge < -0.3 is 10.1 Å². The highest BCUT2D eigenvalue weighted by molar-refractivity contribution is 6.19. The maximum absolute atomic E-state index is 12.7. The minimum Gasteiger partial charge on any atom is -0.358 e. The van der Waals surface area contributed by atoms with Crippen LogP contribution in [-0.2, 0) is 28.5 Å². The predicted octanol–water partition coefficient (Wildman–Crippen LogP) is -0.0955. The van der Waals surface area contributed by atoms with E-state index in [2.05, 4.69) is 15.4 Å². The zero-order valence-corrected chi connectivity index (χ0v) is 15.7. The molecule has 0 spiro atoms. The van der Waals surface area contributed by atoms with E-state index >= 15 is 0 Å². The molecule has 0 aliphatic heterocycles. The SMILES string of the molecule is CC(=O)NC(=O)c1c(-c2ncc([N+](=O)[O-])n2C)nn(C)c1N(C(C)=O)C(C)=O. The lowest BCUT2D eigenvalue weighted by atomic mass is 10.1. The molecule has 148 valence electrons. The molecule has 13 heteroatoms. The predicted molar refractivity (Wildman–Crippen MR) is 94.1 cm³/mol. The monoisotopic (exact) mass is 391 g/mol. The third-order valence-electron chi connectivity index (χ3n) is 3.74. The van der Waals surface area contributed by atoms with E-state index in [1.54, 1.807) is 0 Å². The van der Waals surface area contributed by atoms with Crippen molar-refractivity contribution >= 4 is 35.3 Å². The van der Waals surface area contributed by atoms with Crippen molar-refractivity contribution in [2.24, 2.45) is 14.1 Å². The number of imide groups is 2. The van der Waals surface area contributed by atoms with Gasteiger partial charge in [0.2, 0.25) is 23.5 Å². The van der Waals surface area contributed by atoms with E-state index in [0.717, 1.165) is 36.2 Å². The van der Waals surface area contributed by atoms with E-state index in [1.807, 2.05) is 0 Å². The molecular formula is C15H17N7O6. The van der Waals surface area contributed by atoms with Crippen molar-refractivity contribution in [3.05, 3.63) is 21.9 Å². The summed E-state index contributed by atoms with van der Waals surface area (Å²) in [5, 5.41) is 17.3. The van der Waals surface area contributed by atoms with Gasteiger partial charge in [-0.3, -0.25) is 29.2 Å². The molecular weight excluding hydrogens is 374 g/mol. The number of carbonyl (C=O) groups is 4. The quantitative estimate of drug-likeness (QED) is 0.558. The number of aromatic nitrogens is 4. The molecule has 0 aromatic carbocycles. The Balaban J connectivity index is 2.84. The van der Waals surface area contributed by atoms with Crippen molar-refractivity contribution in [1.29, 1.82) is 0 Å². The number of hydrogen-bond acceptors (Lipinski definition) is 8. The van der Waals surface area contributed by atoms with Gasteiger partial charge in [-0.2, -0.15) is 5.10 Å². The molecule has 2 heterocycles. The molecule has 0 fully saturated rings. The van der Waals surface area contributed by atoms with Crippen molar-refractivity contribution in [3.63, 3.8) is 0 Å². The number of carbonyl (C=O) groups excluding carboxylic acids is 4. The minimum absolute atomic E-state index is 0.0608. The summed E-state index contributed by atoms with van der Waals surface area (Å²) < 4.78 is 2.18. The fourth-order valence-electron chi connectivity index (χ4n) is 2.67. The molecule has 2 aromatic rings. The van der Waals surface area contributed by atoms with Crippen LogP contribution in [0.2, 0.25) is 0 Å². The van der Waals surface area contributed by atoms with Crippen LogP contribution in [0.4, 0.5) is 11.6 Å². The molecule has 13 nitrogen and oxygen atoms in total. The van der Waals surface area contributed by atoms with E-state index in [1.165, 1.54) is 14.1 Å². The zero-order valence-electron chi connectivity index (χ0n) is 15.7. The van der Waals surface area contributed by atoms with E-state index in [-0.39, 0.29) is 28.7 Å². The molecule has 0 saturated carbocycles. The summed E-state index contributed by atoms with van der Waals surface area (Å²) in [5.41, 5.74) is -0.439. The molecule has 0 radical (unpaired) electrons. The third-order valence-corrected chi connectivity index (χ3v) is 3.74. The summed E-state index contributed by atoms with van der Waals surface area (Å²) in [6.07, 6.45) is 0.976. The molecule has 0 aliphatic rings. The Hall–Kier alpha value is -3.90. The Labute approximate surface area is 158 Å². The van der Waals surface area contributed by atoms with Crippen LogP contribution in [-0.4, -0.2) is 47.9 Å². The number of nitro groups is 1. The van der Waals surface area contributed by atoms with Crippen LogP contribution in [0.15, 0.2) is 6.20 Å². The number of aryl methyl sites for hydroxylation is 1. The Morgan fingerprint density at radius 1 is 1.14 bits per heavy atom. The first kappa shape index (κ1) is 20.4. The van der Waals surface area contributed by atoms with Crippen LogP contribution < -0.4 is 10.2 Å². The normalized spacial score (nSPS) is 10.5. The van der Waals surface area contributed by atoms with Gasteiger partial charge in [0.1, 0.15) is 11.8 Å². The van der Waals surface area contributed by atoms with Crippen molar-refractivity contribution in [3.8, 4) is 11.5 Å². The standard InChI is InChI=1S/C15H17N7O6/c1-7(23)17-14(26)11-12(13-16-6-10(19(13)4)22(27)28)18-20(5)15(11)21(8(2)24)9(3)25/h6H,1-5H3,(H,17,23,26). The second-order valence-corrected chi connectivity index (χ2v) is 5.81. The van der Waals surface area contributed by atoms with E-state index < -0.39 is 28.6 Å². The van der Waals surface area contributed by atoms with Crippen LogP contribution in [0, 0.1) is 10.1 Å². The highest BCUT2D eigenvalue weighted by atomic mass is 16.6. The number of nitrogens with one attached hydrogen (secondary N) is 1. The van der Waals surface area contributed by atoms with Gasteiger partial charge in [-0.25, -0.2) is 14.5 Å². The lowest BCUT2D eigenvalue weighted by Crippen LogP contribution is -2.37. The Kier molecular flexibility index (Phi) is 5.38. The molecule has 28 heavy (non-hydrogen) atoms. The smallest absolute Gasteiger partial charge is 0.342 e. The molecule has 1 N–H and O–H groups in total. The van der Waals surface area contributed by atoms with Crippen LogP contribution in [0.25, 0.3) is 11.5 Å². The average molecular weight is 391 g/mol. The van der Waals surface area contributed by atoms with Gasteiger partial charge in [0, 0.05) is 27.8 Å². The van der Waals surface area contributed by atoms with Crippen LogP contribution in [0.1, 0.15) is 31.1 Å². The van der Waals surface area contributed by atoms with Crippen molar-refractivity contribution < 1.29 is 24.1 Å². The number of anilines is 1. The maximum atomic E-state index is 12.7. The summed E-state index contributed by atoms with van der Waals surface area (Å²) in [5.74, 6) is -3.63. The fourth-order valence-corrected chi connectivity index (χ4v) is 2.67. The lowest BCUT2D eigenvalue weighted by molar-refractivity contribution is -0.391. The molecule has 0 saturated heterocycles. The molecule has 0 aliphatic carbocycles. The van der Waals surface area contributed by atoms with Crippen molar-refractivity contribution in [1.82, 2.24) is 24.6 Å². The largest absolute Gasteiger partial charge is 0.358 e. The number of imidazole rings is 1. The van der Waals surface area contributed by atoms with Gasteiger partial charge in [0.15, 0.2) is 11.5 Å². The van der Waals surface area contributed by atoms with Gasteiger partial charge in [0.05, 0.1) is 7.05 Å². The maximum Gasteiger partial charge on any atom is 0.342 e. The second kappa shape index (κ2) is 7.38. The minimum atomic E-state index is -0.941. The Morgan fingerprint density at radius 3 is 2.14 bits per heavy atom. The first-order valence-corrected chi connectivity index (χ1v) is 7.84. The molecule has 2 rings (SSSR count). The summed E-state index contributed by atoms with van der Waals surface area (Å²) in [6, 6.07) is 0. The highest BCUT2D eigenvalue weighted by Crippen LogP contribution is 2.32. The van der Waals surface area contributed by atoms with Crippen LogP contribution in [0.5, 0.6) is 0 Å². The van der Waals surface area contributed by atoms with Gasteiger partial charge in [-0.15, -0.1) is 0 Å². The number of rotatable bonds is 4. The first-order chi connectivity index (χ1) is 13.0. The van der Waals surface area contributed by atoms with E-state index in [0.29, 0.717) is 4.90 Å². The summed E-state index contributed by atoms with van der Waals surface area (Å²) in [4.78, 5) is 63.1. The topological polar surface area (TPSA) is 162 Å². The lowest BCUT2D eigenvalue weighted by Gasteiger charge is -2.18. The van der Waals surface area contributed by atoms with E-state index in [4.69, 9.17) is 0 Å². The van der Waals surface area contributed by atoms with E-state index in [9.17, 15) is 29.3 Å². The van der Waals surface area contributed by atoms with Crippen molar-refractivity contribution in [2.45, 2.75) is 20.8 Å². The average Bonchev–Trinajstić information content (AvgIpc) is 3.07. The van der Waals surface area contributed by atoms with Gasteiger partial charge in [-0.05, 0) is 4.92 Å². The van der Waals surface area contributed by atoms with Crippen LogP contribution in [0.3, 0.4) is 0 Å². The molecule has 2 aromatic heterocycles. The first-order valence-electron chi connectivity index (χ1n) is 7.84. The molecule has 0 unspecified atom stereocenters.